The zero-order chi connectivity index (χ0) is 10.9. The van der Waals surface area contributed by atoms with Crippen LogP contribution < -0.4 is 0 Å². The van der Waals surface area contributed by atoms with Gasteiger partial charge >= 0.3 is 0 Å². The third-order valence-corrected chi connectivity index (χ3v) is 2.59. The molecule has 0 amide bonds. The molecule has 0 saturated heterocycles. The molecular formula is C13H14OS. The molecule has 0 spiro atoms. The van der Waals surface area contributed by atoms with Crippen LogP contribution in [-0.2, 0) is 0 Å². The van der Waals surface area contributed by atoms with E-state index in [1.54, 1.807) is 23.9 Å². The van der Waals surface area contributed by atoms with E-state index in [0.717, 1.165) is 5.75 Å². The smallest absolute Gasteiger partial charge is 0.108 e. The lowest BCUT2D eigenvalue weighted by atomic mass is 10.4. The number of allylic oxidation sites excluding steroid dienone is 3. The molecule has 0 aromatic heterocycles. The van der Waals surface area contributed by atoms with Gasteiger partial charge in [0.25, 0.3) is 0 Å². The lowest BCUT2D eigenvalue weighted by molar-refractivity contribution is 0.435. The Bertz CT molecular complexity index is 352. The number of benzene rings is 1. The van der Waals surface area contributed by atoms with E-state index in [2.05, 4.69) is 18.7 Å². The summed E-state index contributed by atoms with van der Waals surface area (Å²) in [5.41, 5.74) is 0. The van der Waals surface area contributed by atoms with Crippen LogP contribution in [0.2, 0.25) is 0 Å². The van der Waals surface area contributed by atoms with Crippen LogP contribution in [0.4, 0.5) is 0 Å². The molecule has 1 rings (SSSR count). The van der Waals surface area contributed by atoms with Crippen LogP contribution in [0.3, 0.4) is 0 Å². The summed E-state index contributed by atoms with van der Waals surface area (Å²) in [5.74, 6) is 1.00. The highest BCUT2D eigenvalue weighted by molar-refractivity contribution is 7.99. The maximum atomic E-state index is 8.77. The molecule has 0 heterocycles. The second-order valence-electron chi connectivity index (χ2n) is 2.90. The van der Waals surface area contributed by atoms with Gasteiger partial charge in [0, 0.05) is 10.6 Å². The molecule has 1 aromatic carbocycles. The molecule has 0 aliphatic rings. The lowest BCUT2D eigenvalue weighted by Crippen LogP contribution is -1.72. The summed E-state index contributed by atoms with van der Waals surface area (Å²) in [6.45, 7) is 3.35. The number of aliphatic hydroxyl groups is 1. The van der Waals surface area contributed by atoms with Crippen LogP contribution in [0, 0.1) is 0 Å². The maximum absolute atomic E-state index is 8.77. The molecule has 0 radical (unpaired) electrons. The Morgan fingerprint density at radius 1 is 1.27 bits per heavy atom. The average Bonchev–Trinajstić information content (AvgIpc) is 2.24. The molecule has 0 unspecified atom stereocenters. The monoisotopic (exact) mass is 218 g/mol. The minimum absolute atomic E-state index is 0.0790. The van der Waals surface area contributed by atoms with Gasteiger partial charge in [-0.25, -0.2) is 0 Å². The van der Waals surface area contributed by atoms with E-state index in [-0.39, 0.29) is 5.76 Å². The van der Waals surface area contributed by atoms with Crippen molar-refractivity contribution in [3.8, 4) is 0 Å². The number of aliphatic hydroxyl groups excluding tert-OH is 1. The molecule has 0 atom stereocenters. The third-order valence-electron chi connectivity index (χ3n) is 1.63. The van der Waals surface area contributed by atoms with Crippen molar-refractivity contribution in [1.82, 2.24) is 0 Å². The summed E-state index contributed by atoms with van der Waals surface area (Å²) in [7, 11) is 0. The SMILES string of the molecule is C=C(O)/C=C/C=C/CSc1ccccc1. The van der Waals surface area contributed by atoms with Gasteiger partial charge in [-0.05, 0) is 18.2 Å². The van der Waals surface area contributed by atoms with Crippen molar-refractivity contribution < 1.29 is 5.11 Å². The highest BCUT2D eigenvalue weighted by Gasteiger charge is 1.87. The molecular weight excluding hydrogens is 204 g/mol. The summed E-state index contributed by atoms with van der Waals surface area (Å²) in [5, 5.41) is 8.77. The molecule has 1 nitrogen and oxygen atoms in total. The van der Waals surface area contributed by atoms with Crippen LogP contribution in [0.15, 0.2) is 71.9 Å². The van der Waals surface area contributed by atoms with Crippen molar-refractivity contribution in [2.45, 2.75) is 4.90 Å². The van der Waals surface area contributed by atoms with Gasteiger partial charge in [0.05, 0.1) is 0 Å². The predicted molar refractivity (Wildman–Crippen MR) is 67.2 cm³/mol. The first-order valence-corrected chi connectivity index (χ1v) is 5.66. The number of rotatable bonds is 5. The van der Waals surface area contributed by atoms with Gasteiger partial charge < -0.3 is 5.11 Å². The van der Waals surface area contributed by atoms with Crippen LogP contribution in [0.1, 0.15) is 0 Å². The number of hydrogen-bond donors (Lipinski definition) is 1. The summed E-state index contributed by atoms with van der Waals surface area (Å²) in [4.78, 5) is 1.26. The summed E-state index contributed by atoms with van der Waals surface area (Å²) >= 11 is 1.77. The second-order valence-corrected chi connectivity index (χ2v) is 4.00. The predicted octanol–water partition coefficient (Wildman–Crippen LogP) is 3.96. The normalized spacial score (nSPS) is 11.2. The van der Waals surface area contributed by atoms with Crippen molar-refractivity contribution in [3.63, 3.8) is 0 Å². The second kappa shape index (κ2) is 6.96. The topological polar surface area (TPSA) is 20.2 Å². The highest BCUT2D eigenvalue weighted by Crippen LogP contribution is 2.16. The first-order chi connectivity index (χ1) is 7.29. The first kappa shape index (κ1) is 11.7. The van der Waals surface area contributed by atoms with Gasteiger partial charge in [-0.1, -0.05) is 43.0 Å². The van der Waals surface area contributed by atoms with E-state index in [4.69, 9.17) is 5.11 Å². The Morgan fingerprint density at radius 2 is 2.00 bits per heavy atom. The largest absolute Gasteiger partial charge is 0.509 e. The van der Waals surface area contributed by atoms with Crippen molar-refractivity contribution in [2.24, 2.45) is 0 Å². The minimum Gasteiger partial charge on any atom is -0.509 e. The molecule has 1 aromatic rings. The zero-order valence-electron chi connectivity index (χ0n) is 8.47. The fraction of sp³-hybridized carbons (Fsp3) is 0.0769. The quantitative estimate of drug-likeness (QED) is 0.458. The van der Waals surface area contributed by atoms with E-state index in [1.807, 2.05) is 30.4 Å². The van der Waals surface area contributed by atoms with Crippen LogP contribution >= 0.6 is 11.8 Å². The van der Waals surface area contributed by atoms with E-state index < -0.39 is 0 Å². The molecule has 0 aliphatic carbocycles. The molecule has 1 N–H and O–H groups in total. The van der Waals surface area contributed by atoms with Gasteiger partial charge in [0.1, 0.15) is 5.76 Å². The summed E-state index contributed by atoms with van der Waals surface area (Å²) < 4.78 is 0. The van der Waals surface area contributed by atoms with Gasteiger partial charge in [-0.15, -0.1) is 11.8 Å². The van der Waals surface area contributed by atoms with Gasteiger partial charge in [-0.2, -0.15) is 0 Å². The Hall–Kier alpha value is -1.41. The average molecular weight is 218 g/mol. The molecule has 78 valence electrons. The van der Waals surface area contributed by atoms with Crippen LogP contribution in [-0.4, -0.2) is 10.9 Å². The van der Waals surface area contributed by atoms with E-state index in [0.29, 0.717) is 0 Å². The van der Waals surface area contributed by atoms with E-state index >= 15 is 0 Å². The molecule has 0 fully saturated rings. The Morgan fingerprint density at radius 3 is 2.67 bits per heavy atom. The van der Waals surface area contributed by atoms with Crippen molar-refractivity contribution >= 4 is 11.8 Å². The Kier molecular flexibility index (Phi) is 5.41. The number of hydrogen-bond acceptors (Lipinski definition) is 2. The van der Waals surface area contributed by atoms with Crippen LogP contribution in [0.25, 0.3) is 0 Å². The standard InChI is InChI=1S/C13H14OS/c1-12(14)8-4-3-7-11-15-13-9-5-2-6-10-13/h2-10,14H,1,11H2/b7-3+,8-4+. The highest BCUT2D eigenvalue weighted by atomic mass is 32.2. The molecule has 0 bridgehead atoms. The van der Waals surface area contributed by atoms with E-state index in [9.17, 15) is 0 Å². The Balaban J connectivity index is 2.25. The van der Waals surface area contributed by atoms with Gasteiger partial charge in [-0.3, -0.25) is 0 Å². The van der Waals surface area contributed by atoms with Crippen LogP contribution in [0.5, 0.6) is 0 Å². The van der Waals surface area contributed by atoms with E-state index in [1.165, 1.54) is 4.90 Å². The molecule has 0 saturated carbocycles. The molecule has 15 heavy (non-hydrogen) atoms. The van der Waals surface area contributed by atoms with Gasteiger partial charge in [0.2, 0.25) is 0 Å². The number of thioether (sulfide) groups is 1. The lowest BCUT2D eigenvalue weighted by Gasteiger charge is -1.95. The maximum Gasteiger partial charge on any atom is 0.108 e. The van der Waals surface area contributed by atoms with Crippen molar-refractivity contribution in [3.05, 3.63) is 67.0 Å². The molecule has 2 heteroatoms. The third kappa shape index (κ3) is 5.81. The van der Waals surface area contributed by atoms with Crippen molar-refractivity contribution in [1.29, 1.82) is 0 Å². The van der Waals surface area contributed by atoms with Gasteiger partial charge in [0.15, 0.2) is 0 Å². The minimum atomic E-state index is 0.0790. The first-order valence-electron chi connectivity index (χ1n) is 4.68. The summed E-state index contributed by atoms with van der Waals surface area (Å²) in [6, 6.07) is 10.2. The zero-order valence-corrected chi connectivity index (χ0v) is 9.28. The fourth-order valence-corrected chi connectivity index (χ4v) is 1.71. The van der Waals surface area contributed by atoms with Crippen molar-refractivity contribution in [2.75, 3.05) is 5.75 Å². The Labute approximate surface area is 94.8 Å². The molecule has 0 aliphatic heterocycles. The fourth-order valence-electron chi connectivity index (χ4n) is 0.962. The summed E-state index contributed by atoms with van der Waals surface area (Å²) in [6.07, 6.45) is 7.27.